The first kappa shape index (κ1) is 13.4. The van der Waals surface area contributed by atoms with Gasteiger partial charge in [0.15, 0.2) is 4.77 Å². The fourth-order valence-electron chi connectivity index (χ4n) is 2.71. The highest BCUT2D eigenvalue weighted by Gasteiger charge is 2.05. The van der Waals surface area contributed by atoms with Gasteiger partial charge < -0.3 is 4.98 Å². The van der Waals surface area contributed by atoms with E-state index in [1.165, 1.54) is 10.8 Å². The summed E-state index contributed by atoms with van der Waals surface area (Å²) in [7, 11) is 0. The van der Waals surface area contributed by atoms with Crippen molar-refractivity contribution in [1.29, 1.82) is 0 Å². The molecule has 4 aromatic rings. The lowest BCUT2D eigenvalue weighted by molar-refractivity contribution is 0.969. The molecule has 22 heavy (non-hydrogen) atoms. The van der Waals surface area contributed by atoms with Gasteiger partial charge >= 0.3 is 0 Å². The van der Waals surface area contributed by atoms with Gasteiger partial charge in [0, 0.05) is 11.1 Å². The molecule has 0 amide bonds. The third kappa shape index (κ3) is 2.08. The van der Waals surface area contributed by atoms with Crippen LogP contribution in [0, 0.1) is 9.41 Å². The molecular weight excluding hydrogens is 308 g/mol. The first-order valence-electron chi connectivity index (χ1n) is 6.97. The van der Waals surface area contributed by atoms with E-state index in [9.17, 15) is 0 Å². The number of fused-ring (bicyclic) bond motifs is 2. The van der Waals surface area contributed by atoms with Gasteiger partial charge in [-0.3, -0.25) is 4.57 Å². The van der Waals surface area contributed by atoms with Crippen molar-refractivity contribution in [2.24, 2.45) is 0 Å². The third-order valence-corrected chi connectivity index (χ3v) is 4.48. The summed E-state index contributed by atoms with van der Waals surface area (Å²) in [6.07, 6.45) is 0. The molecule has 0 aliphatic carbocycles. The molecule has 0 fully saturated rings. The van der Waals surface area contributed by atoms with Crippen LogP contribution in [0.1, 0.15) is 0 Å². The Morgan fingerprint density at radius 1 is 0.773 bits per heavy atom. The summed E-state index contributed by atoms with van der Waals surface area (Å²) < 4.78 is 3.26. The van der Waals surface area contributed by atoms with Crippen molar-refractivity contribution in [3.63, 3.8) is 0 Å². The number of hydrogen-bond acceptors (Lipinski definition) is 2. The zero-order valence-electron chi connectivity index (χ0n) is 11.6. The van der Waals surface area contributed by atoms with E-state index in [0.29, 0.717) is 4.77 Å². The molecular formula is C18H12N2S2. The summed E-state index contributed by atoms with van der Waals surface area (Å²) in [5, 5.41) is 3.37. The van der Waals surface area contributed by atoms with Crippen LogP contribution in [-0.4, -0.2) is 9.55 Å². The number of rotatable bonds is 1. The lowest BCUT2D eigenvalue weighted by Gasteiger charge is -2.11. The van der Waals surface area contributed by atoms with E-state index in [2.05, 4.69) is 35.3 Å². The van der Waals surface area contributed by atoms with Gasteiger partial charge in [0.2, 0.25) is 0 Å². The lowest BCUT2D eigenvalue weighted by atomic mass is 10.1. The molecule has 1 aromatic heterocycles. The zero-order chi connectivity index (χ0) is 15.1. The molecule has 0 saturated heterocycles. The fraction of sp³-hybridized carbons (Fsp3) is 0. The normalized spacial score (nSPS) is 11.1. The van der Waals surface area contributed by atoms with Crippen LogP contribution in [0.4, 0.5) is 0 Å². The molecule has 0 saturated carbocycles. The predicted molar refractivity (Wildman–Crippen MR) is 96.8 cm³/mol. The van der Waals surface area contributed by atoms with E-state index in [1.54, 1.807) is 0 Å². The Morgan fingerprint density at radius 3 is 2.36 bits per heavy atom. The number of nitrogens with zero attached hydrogens (tertiary/aromatic N) is 1. The van der Waals surface area contributed by atoms with Crippen molar-refractivity contribution in [2.45, 2.75) is 0 Å². The van der Waals surface area contributed by atoms with E-state index in [0.717, 1.165) is 21.2 Å². The monoisotopic (exact) mass is 320 g/mol. The molecule has 0 bridgehead atoms. The Bertz CT molecular complexity index is 1120. The SMILES string of the molecule is S=c1[nH]c2ccccc2c(=S)n1-c1ccc2ccccc2c1. The maximum atomic E-state index is 5.66. The van der Waals surface area contributed by atoms with Gasteiger partial charge in [-0.05, 0) is 47.3 Å². The Hall–Kier alpha value is -2.30. The van der Waals surface area contributed by atoms with Crippen LogP contribution in [0.3, 0.4) is 0 Å². The van der Waals surface area contributed by atoms with Crippen LogP contribution >= 0.6 is 24.4 Å². The highest BCUT2D eigenvalue weighted by Crippen LogP contribution is 2.21. The minimum atomic E-state index is 0.610. The van der Waals surface area contributed by atoms with Gasteiger partial charge in [-0.1, -0.05) is 54.7 Å². The second-order valence-electron chi connectivity index (χ2n) is 5.15. The Labute approximate surface area is 137 Å². The van der Waals surface area contributed by atoms with E-state index in [1.807, 2.05) is 41.0 Å². The molecule has 0 atom stereocenters. The number of hydrogen-bond donors (Lipinski definition) is 1. The van der Waals surface area contributed by atoms with Crippen molar-refractivity contribution < 1.29 is 0 Å². The summed E-state index contributed by atoms with van der Waals surface area (Å²) in [4.78, 5) is 3.26. The molecule has 0 spiro atoms. The van der Waals surface area contributed by atoms with E-state index in [4.69, 9.17) is 24.4 Å². The molecule has 1 heterocycles. The first-order chi connectivity index (χ1) is 10.7. The number of para-hydroxylation sites is 1. The molecule has 0 unspecified atom stereocenters. The van der Waals surface area contributed by atoms with E-state index < -0.39 is 0 Å². The zero-order valence-corrected chi connectivity index (χ0v) is 13.2. The fourth-order valence-corrected chi connectivity index (χ4v) is 3.45. The summed E-state index contributed by atoms with van der Waals surface area (Å²) in [6, 6.07) is 22.5. The quantitative estimate of drug-likeness (QED) is 0.463. The van der Waals surface area contributed by atoms with Gasteiger partial charge in [0.05, 0.1) is 5.52 Å². The Balaban J connectivity index is 2.07. The van der Waals surface area contributed by atoms with Gasteiger partial charge in [0.25, 0.3) is 0 Å². The molecule has 4 heteroatoms. The largest absolute Gasteiger partial charge is 0.331 e. The Morgan fingerprint density at radius 2 is 1.50 bits per heavy atom. The van der Waals surface area contributed by atoms with Crippen LogP contribution in [-0.2, 0) is 0 Å². The van der Waals surface area contributed by atoms with Crippen LogP contribution in [0.2, 0.25) is 0 Å². The van der Waals surface area contributed by atoms with E-state index in [-0.39, 0.29) is 0 Å². The number of H-pyrrole nitrogens is 1. The second kappa shape index (κ2) is 5.16. The topological polar surface area (TPSA) is 20.7 Å². The first-order valence-corrected chi connectivity index (χ1v) is 7.79. The molecule has 2 nitrogen and oxygen atoms in total. The number of benzene rings is 3. The lowest BCUT2D eigenvalue weighted by Crippen LogP contribution is -2.01. The maximum Gasteiger partial charge on any atom is 0.183 e. The van der Waals surface area contributed by atoms with Crippen molar-refractivity contribution in [3.05, 3.63) is 76.1 Å². The summed E-state index contributed by atoms with van der Waals surface area (Å²) >= 11 is 11.2. The third-order valence-electron chi connectivity index (χ3n) is 3.80. The molecule has 3 aromatic carbocycles. The molecule has 1 N–H and O–H groups in total. The van der Waals surface area contributed by atoms with Crippen LogP contribution in [0.25, 0.3) is 27.4 Å². The summed E-state index contributed by atoms with van der Waals surface area (Å²) in [6.45, 7) is 0. The van der Waals surface area contributed by atoms with Crippen molar-refractivity contribution in [3.8, 4) is 5.69 Å². The average molecular weight is 320 g/mol. The van der Waals surface area contributed by atoms with E-state index >= 15 is 0 Å². The van der Waals surface area contributed by atoms with Gasteiger partial charge in [-0.25, -0.2) is 0 Å². The number of aromatic amines is 1. The number of aromatic nitrogens is 2. The average Bonchev–Trinajstić information content (AvgIpc) is 2.55. The summed E-state index contributed by atoms with van der Waals surface area (Å²) in [5.74, 6) is 0. The molecule has 106 valence electrons. The van der Waals surface area contributed by atoms with Gasteiger partial charge in [-0.2, -0.15) is 0 Å². The second-order valence-corrected chi connectivity index (χ2v) is 5.92. The number of nitrogens with one attached hydrogen (secondary N) is 1. The molecule has 0 aliphatic rings. The van der Waals surface area contributed by atoms with Gasteiger partial charge in [-0.15, -0.1) is 0 Å². The minimum Gasteiger partial charge on any atom is -0.331 e. The highest BCUT2D eigenvalue weighted by atomic mass is 32.1. The van der Waals surface area contributed by atoms with Crippen LogP contribution in [0.5, 0.6) is 0 Å². The molecule has 0 aliphatic heterocycles. The molecule has 4 rings (SSSR count). The Kier molecular flexibility index (Phi) is 3.13. The van der Waals surface area contributed by atoms with Gasteiger partial charge in [0.1, 0.15) is 4.64 Å². The minimum absolute atomic E-state index is 0.610. The van der Waals surface area contributed by atoms with Crippen LogP contribution in [0.15, 0.2) is 66.7 Å². The summed E-state index contributed by atoms with van der Waals surface area (Å²) in [5.41, 5.74) is 1.95. The standard InChI is InChI=1S/C18H12N2S2/c21-17-15-7-3-4-8-16(15)19-18(22)20(17)14-10-9-12-5-1-2-6-13(12)11-14/h1-11H,(H,19,22). The van der Waals surface area contributed by atoms with Crippen molar-refractivity contribution >= 4 is 46.1 Å². The molecule has 0 radical (unpaired) electrons. The predicted octanol–water partition coefficient (Wildman–Crippen LogP) is 5.57. The van der Waals surface area contributed by atoms with Crippen molar-refractivity contribution in [1.82, 2.24) is 9.55 Å². The maximum absolute atomic E-state index is 5.66. The highest BCUT2D eigenvalue weighted by molar-refractivity contribution is 7.72. The van der Waals surface area contributed by atoms with Crippen LogP contribution < -0.4 is 0 Å². The van der Waals surface area contributed by atoms with Crippen molar-refractivity contribution in [2.75, 3.05) is 0 Å². The smallest absolute Gasteiger partial charge is 0.183 e.